The summed E-state index contributed by atoms with van der Waals surface area (Å²) in [6, 6.07) is 7.48. The fourth-order valence-electron chi connectivity index (χ4n) is 2.69. The summed E-state index contributed by atoms with van der Waals surface area (Å²) in [7, 11) is 0. The van der Waals surface area contributed by atoms with Gasteiger partial charge in [0.25, 0.3) is 0 Å². The van der Waals surface area contributed by atoms with E-state index in [0.29, 0.717) is 6.04 Å². The molecule has 2 nitrogen and oxygen atoms in total. The highest BCUT2D eigenvalue weighted by Gasteiger charge is 2.24. The van der Waals surface area contributed by atoms with Gasteiger partial charge in [-0.25, -0.2) is 4.39 Å². The van der Waals surface area contributed by atoms with Crippen LogP contribution in [0.2, 0.25) is 0 Å². The maximum atomic E-state index is 12.9. The second-order valence-corrected chi connectivity index (χ2v) is 5.61. The van der Waals surface area contributed by atoms with Gasteiger partial charge in [-0.2, -0.15) is 0 Å². The van der Waals surface area contributed by atoms with E-state index in [1.54, 1.807) is 12.1 Å². The average Bonchev–Trinajstić information content (AvgIpc) is 3.22. The van der Waals surface area contributed by atoms with Crippen molar-refractivity contribution in [2.24, 2.45) is 5.92 Å². The van der Waals surface area contributed by atoms with Crippen LogP contribution in [0.25, 0.3) is 0 Å². The Morgan fingerprint density at radius 1 is 1.17 bits per heavy atom. The zero-order valence-electron chi connectivity index (χ0n) is 10.7. The van der Waals surface area contributed by atoms with Crippen LogP contribution in [0.4, 0.5) is 10.1 Å². The van der Waals surface area contributed by atoms with Crippen molar-refractivity contribution in [3.8, 4) is 0 Å². The Morgan fingerprint density at radius 3 is 2.67 bits per heavy atom. The van der Waals surface area contributed by atoms with Crippen LogP contribution in [0, 0.1) is 11.7 Å². The number of hydrogen-bond acceptors (Lipinski definition) is 2. The van der Waals surface area contributed by atoms with E-state index in [-0.39, 0.29) is 5.82 Å². The van der Waals surface area contributed by atoms with Crippen molar-refractivity contribution in [3.63, 3.8) is 0 Å². The molecule has 1 saturated carbocycles. The normalized spacial score (nSPS) is 24.3. The highest BCUT2D eigenvalue weighted by Crippen LogP contribution is 2.28. The molecular formula is C15H21FN2. The molecule has 1 aliphatic carbocycles. The zero-order valence-corrected chi connectivity index (χ0v) is 10.7. The van der Waals surface area contributed by atoms with Gasteiger partial charge in [0.2, 0.25) is 0 Å². The van der Waals surface area contributed by atoms with E-state index in [9.17, 15) is 4.39 Å². The number of piperidine rings is 1. The smallest absolute Gasteiger partial charge is 0.123 e. The number of halogens is 1. The Kier molecular flexibility index (Phi) is 3.50. The van der Waals surface area contributed by atoms with Gasteiger partial charge in [0.05, 0.1) is 0 Å². The minimum Gasteiger partial charge on any atom is -0.370 e. The molecule has 2 fully saturated rings. The van der Waals surface area contributed by atoms with E-state index in [1.807, 2.05) is 12.1 Å². The van der Waals surface area contributed by atoms with Crippen molar-refractivity contribution >= 4 is 5.69 Å². The SMILES string of the molecule is Fc1ccc(N2CCCC(NCC3CC3)C2)cc1. The predicted octanol–water partition coefficient (Wildman–Crippen LogP) is 2.79. The van der Waals surface area contributed by atoms with Gasteiger partial charge in [0, 0.05) is 24.8 Å². The Morgan fingerprint density at radius 2 is 1.94 bits per heavy atom. The number of rotatable bonds is 4. The van der Waals surface area contributed by atoms with Gasteiger partial charge < -0.3 is 10.2 Å². The zero-order chi connectivity index (χ0) is 12.4. The van der Waals surface area contributed by atoms with Crippen LogP contribution in [0.5, 0.6) is 0 Å². The molecule has 1 heterocycles. The molecule has 1 saturated heterocycles. The van der Waals surface area contributed by atoms with Crippen molar-refractivity contribution in [3.05, 3.63) is 30.1 Å². The lowest BCUT2D eigenvalue weighted by Crippen LogP contribution is -2.46. The molecular weight excluding hydrogens is 227 g/mol. The standard InChI is InChI=1S/C15H21FN2/c16-13-5-7-15(8-6-13)18-9-1-2-14(11-18)17-10-12-3-4-12/h5-8,12,14,17H,1-4,9-11H2. The molecule has 1 unspecified atom stereocenters. The summed E-state index contributed by atoms with van der Waals surface area (Å²) in [5, 5.41) is 3.68. The van der Waals surface area contributed by atoms with Crippen molar-refractivity contribution in [1.82, 2.24) is 5.32 Å². The second-order valence-electron chi connectivity index (χ2n) is 5.61. The summed E-state index contributed by atoms with van der Waals surface area (Å²) in [4.78, 5) is 2.37. The topological polar surface area (TPSA) is 15.3 Å². The third kappa shape index (κ3) is 3.02. The number of nitrogens with one attached hydrogen (secondary N) is 1. The van der Waals surface area contributed by atoms with Crippen LogP contribution in [-0.2, 0) is 0 Å². The predicted molar refractivity (Wildman–Crippen MR) is 72.4 cm³/mol. The summed E-state index contributed by atoms with van der Waals surface area (Å²) >= 11 is 0. The van der Waals surface area contributed by atoms with Gasteiger partial charge in [-0.3, -0.25) is 0 Å². The molecule has 1 aliphatic heterocycles. The molecule has 3 rings (SSSR count). The monoisotopic (exact) mass is 248 g/mol. The first-order chi connectivity index (χ1) is 8.81. The molecule has 0 aromatic heterocycles. The van der Waals surface area contributed by atoms with Crippen molar-refractivity contribution in [2.75, 3.05) is 24.5 Å². The third-order valence-corrected chi connectivity index (χ3v) is 4.01. The summed E-state index contributed by atoms with van der Waals surface area (Å²) < 4.78 is 12.9. The largest absolute Gasteiger partial charge is 0.370 e. The molecule has 0 spiro atoms. The van der Waals surface area contributed by atoms with Crippen LogP contribution in [0.3, 0.4) is 0 Å². The molecule has 0 bridgehead atoms. The van der Waals surface area contributed by atoms with Crippen molar-refractivity contribution in [1.29, 1.82) is 0 Å². The average molecular weight is 248 g/mol. The summed E-state index contributed by atoms with van der Waals surface area (Å²) in [6.07, 6.45) is 5.30. The molecule has 2 aliphatic rings. The molecule has 1 aromatic carbocycles. The number of benzene rings is 1. The van der Waals surface area contributed by atoms with Crippen molar-refractivity contribution < 1.29 is 4.39 Å². The minimum absolute atomic E-state index is 0.154. The molecule has 3 heteroatoms. The first-order valence-electron chi connectivity index (χ1n) is 7.05. The highest BCUT2D eigenvalue weighted by molar-refractivity contribution is 5.46. The van der Waals surface area contributed by atoms with E-state index in [1.165, 1.54) is 32.2 Å². The van der Waals surface area contributed by atoms with Gasteiger partial charge in [0.1, 0.15) is 5.82 Å². The van der Waals surface area contributed by atoms with Gasteiger partial charge in [-0.1, -0.05) is 0 Å². The van der Waals surface area contributed by atoms with E-state index in [0.717, 1.165) is 24.7 Å². The van der Waals surface area contributed by atoms with Crippen LogP contribution < -0.4 is 10.2 Å². The second kappa shape index (κ2) is 5.27. The molecule has 1 aromatic rings. The number of nitrogens with zero attached hydrogens (tertiary/aromatic N) is 1. The molecule has 18 heavy (non-hydrogen) atoms. The fraction of sp³-hybridized carbons (Fsp3) is 0.600. The first-order valence-corrected chi connectivity index (χ1v) is 7.05. The molecule has 1 N–H and O–H groups in total. The van der Waals surface area contributed by atoms with Gasteiger partial charge >= 0.3 is 0 Å². The molecule has 0 radical (unpaired) electrons. The van der Waals surface area contributed by atoms with Crippen LogP contribution in [-0.4, -0.2) is 25.7 Å². The lowest BCUT2D eigenvalue weighted by molar-refractivity contribution is 0.416. The van der Waals surface area contributed by atoms with E-state index in [2.05, 4.69) is 10.2 Å². The lowest BCUT2D eigenvalue weighted by atomic mass is 10.0. The Labute approximate surface area is 108 Å². The fourth-order valence-corrected chi connectivity index (χ4v) is 2.69. The van der Waals surface area contributed by atoms with Crippen LogP contribution >= 0.6 is 0 Å². The quantitative estimate of drug-likeness (QED) is 0.881. The maximum absolute atomic E-state index is 12.9. The van der Waals surface area contributed by atoms with E-state index in [4.69, 9.17) is 0 Å². The highest BCUT2D eigenvalue weighted by atomic mass is 19.1. The first kappa shape index (κ1) is 12.0. The van der Waals surface area contributed by atoms with Crippen molar-refractivity contribution in [2.45, 2.75) is 31.7 Å². The summed E-state index contributed by atoms with van der Waals surface area (Å²) in [6.45, 7) is 3.33. The third-order valence-electron chi connectivity index (χ3n) is 4.01. The minimum atomic E-state index is -0.154. The summed E-state index contributed by atoms with van der Waals surface area (Å²) in [5.41, 5.74) is 1.15. The van der Waals surface area contributed by atoms with E-state index < -0.39 is 0 Å². The van der Waals surface area contributed by atoms with Gasteiger partial charge in [-0.15, -0.1) is 0 Å². The van der Waals surface area contributed by atoms with Crippen LogP contribution in [0.1, 0.15) is 25.7 Å². The molecule has 1 atom stereocenters. The maximum Gasteiger partial charge on any atom is 0.123 e. The van der Waals surface area contributed by atoms with E-state index >= 15 is 0 Å². The Balaban J connectivity index is 1.56. The Bertz CT molecular complexity index is 386. The lowest BCUT2D eigenvalue weighted by Gasteiger charge is -2.35. The van der Waals surface area contributed by atoms with Gasteiger partial charge in [-0.05, 0) is 62.4 Å². The number of anilines is 1. The molecule has 0 amide bonds. The van der Waals surface area contributed by atoms with Crippen LogP contribution in [0.15, 0.2) is 24.3 Å². The Hall–Kier alpha value is -1.09. The number of hydrogen-bond donors (Lipinski definition) is 1. The molecule has 98 valence electrons. The summed E-state index contributed by atoms with van der Waals surface area (Å²) in [5.74, 6) is 0.783. The van der Waals surface area contributed by atoms with Gasteiger partial charge in [0.15, 0.2) is 0 Å².